The highest BCUT2D eigenvalue weighted by atomic mass is 127. The first-order valence-electron chi connectivity index (χ1n) is 4.93. The summed E-state index contributed by atoms with van der Waals surface area (Å²) in [5, 5.41) is 3.40. The minimum Gasteiger partial charge on any atom is -0.366 e. The summed E-state index contributed by atoms with van der Waals surface area (Å²) >= 11 is 8.00. The second-order valence-corrected chi connectivity index (χ2v) is 5.23. The van der Waals surface area contributed by atoms with Crippen LogP contribution >= 0.6 is 34.2 Å². The van der Waals surface area contributed by atoms with Gasteiger partial charge in [0, 0.05) is 18.1 Å². The van der Waals surface area contributed by atoms with Crippen molar-refractivity contribution in [3.8, 4) is 0 Å². The van der Waals surface area contributed by atoms with E-state index in [2.05, 4.69) is 51.7 Å². The van der Waals surface area contributed by atoms with Crippen LogP contribution in [-0.4, -0.2) is 21.9 Å². The maximum absolute atomic E-state index is 5.77. The van der Waals surface area contributed by atoms with E-state index in [1.165, 1.54) is 0 Å². The van der Waals surface area contributed by atoms with Gasteiger partial charge in [-0.1, -0.05) is 13.8 Å². The molecule has 0 aromatic carbocycles. The van der Waals surface area contributed by atoms with Gasteiger partial charge < -0.3 is 5.32 Å². The Kier molecular flexibility index (Phi) is 5.60. The third kappa shape index (κ3) is 4.10. The summed E-state index contributed by atoms with van der Waals surface area (Å²) in [6.45, 7) is 4.36. The predicted octanol–water partition coefficient (Wildman–Crippen LogP) is 3.15. The highest BCUT2D eigenvalue weighted by Gasteiger charge is 2.14. The van der Waals surface area contributed by atoms with Crippen LogP contribution in [0.4, 0.5) is 5.82 Å². The molecule has 1 unspecified atom stereocenters. The molecule has 0 aliphatic heterocycles. The van der Waals surface area contributed by atoms with Crippen LogP contribution in [0.5, 0.6) is 0 Å². The van der Waals surface area contributed by atoms with Crippen molar-refractivity contribution < 1.29 is 0 Å². The van der Waals surface area contributed by atoms with Gasteiger partial charge >= 0.3 is 0 Å². The molecule has 0 radical (unpaired) electrons. The maximum Gasteiger partial charge on any atom is 0.143 e. The number of hydrogen-bond acceptors (Lipinski definition) is 3. The zero-order chi connectivity index (χ0) is 11.3. The number of anilines is 1. The van der Waals surface area contributed by atoms with Crippen LogP contribution in [0.1, 0.15) is 20.3 Å². The van der Waals surface area contributed by atoms with Crippen molar-refractivity contribution in [1.82, 2.24) is 9.97 Å². The summed E-state index contributed by atoms with van der Waals surface area (Å²) in [6.07, 6.45) is 4.30. The first kappa shape index (κ1) is 13.0. The van der Waals surface area contributed by atoms with Gasteiger partial charge in [0.05, 0.1) is 3.57 Å². The molecule has 0 aliphatic carbocycles. The average Bonchev–Trinajstić information content (AvgIpc) is 2.20. The van der Waals surface area contributed by atoms with E-state index in [1.54, 1.807) is 12.5 Å². The second-order valence-electron chi connectivity index (χ2n) is 3.69. The van der Waals surface area contributed by atoms with Gasteiger partial charge in [0.1, 0.15) is 12.1 Å². The third-order valence-electron chi connectivity index (χ3n) is 2.21. The quantitative estimate of drug-likeness (QED) is 0.661. The lowest BCUT2D eigenvalue weighted by Crippen LogP contribution is -2.27. The molecule has 0 aliphatic rings. The third-order valence-corrected chi connectivity index (χ3v) is 3.22. The number of alkyl halides is 1. The van der Waals surface area contributed by atoms with E-state index in [1.807, 2.05) is 0 Å². The first-order valence-corrected chi connectivity index (χ1v) is 6.54. The molecule has 1 N–H and O–H groups in total. The first-order chi connectivity index (χ1) is 7.15. The Morgan fingerprint density at radius 2 is 2.27 bits per heavy atom. The molecule has 1 aromatic heterocycles. The summed E-state index contributed by atoms with van der Waals surface area (Å²) in [5.41, 5.74) is 0. The average molecular weight is 340 g/mol. The Morgan fingerprint density at radius 3 is 2.80 bits per heavy atom. The van der Waals surface area contributed by atoms with Crippen LogP contribution in [0, 0.1) is 9.49 Å². The second kappa shape index (κ2) is 6.48. The highest BCUT2D eigenvalue weighted by molar-refractivity contribution is 14.1. The molecule has 1 aromatic rings. The molecule has 1 atom stereocenters. The van der Waals surface area contributed by atoms with E-state index in [-0.39, 0.29) is 0 Å². The van der Waals surface area contributed by atoms with Crippen LogP contribution in [0.3, 0.4) is 0 Å². The van der Waals surface area contributed by atoms with Crippen LogP contribution in [-0.2, 0) is 0 Å². The fourth-order valence-corrected chi connectivity index (χ4v) is 1.98. The van der Waals surface area contributed by atoms with Crippen LogP contribution < -0.4 is 5.32 Å². The molecule has 5 heteroatoms. The van der Waals surface area contributed by atoms with Gasteiger partial charge in [0.15, 0.2) is 0 Å². The van der Waals surface area contributed by atoms with Gasteiger partial charge in [-0.15, -0.1) is 11.6 Å². The van der Waals surface area contributed by atoms with Crippen molar-refractivity contribution in [2.45, 2.75) is 26.3 Å². The van der Waals surface area contributed by atoms with Crippen molar-refractivity contribution in [3.05, 3.63) is 16.1 Å². The van der Waals surface area contributed by atoms with Gasteiger partial charge in [0.2, 0.25) is 0 Å². The standard InChI is InChI=1S/C10H15ClIN3/c1-7(2)9(3-4-11)15-10-8(12)5-13-6-14-10/h5-7,9H,3-4H2,1-2H3,(H,13,14,15). The Bertz CT molecular complexity index is 306. The van der Waals surface area contributed by atoms with Gasteiger partial charge in [-0.25, -0.2) is 9.97 Å². The zero-order valence-electron chi connectivity index (χ0n) is 8.87. The summed E-state index contributed by atoms with van der Waals surface area (Å²) in [7, 11) is 0. The molecule has 1 rings (SSSR count). The Morgan fingerprint density at radius 1 is 1.53 bits per heavy atom. The van der Waals surface area contributed by atoms with Gasteiger partial charge in [-0.3, -0.25) is 0 Å². The van der Waals surface area contributed by atoms with Crippen molar-refractivity contribution in [2.75, 3.05) is 11.2 Å². The minimum absolute atomic E-state index is 0.367. The van der Waals surface area contributed by atoms with Crippen molar-refractivity contribution in [3.63, 3.8) is 0 Å². The van der Waals surface area contributed by atoms with Gasteiger partial charge in [-0.05, 0) is 34.9 Å². The smallest absolute Gasteiger partial charge is 0.143 e. The molecule has 3 nitrogen and oxygen atoms in total. The van der Waals surface area contributed by atoms with E-state index in [0.717, 1.165) is 15.8 Å². The number of nitrogens with zero attached hydrogens (tertiary/aromatic N) is 2. The summed E-state index contributed by atoms with van der Waals surface area (Å²) in [4.78, 5) is 8.17. The molecule has 0 bridgehead atoms. The lowest BCUT2D eigenvalue weighted by Gasteiger charge is -2.22. The van der Waals surface area contributed by atoms with Gasteiger partial charge in [0.25, 0.3) is 0 Å². The van der Waals surface area contributed by atoms with E-state index < -0.39 is 0 Å². The summed E-state index contributed by atoms with van der Waals surface area (Å²) in [6, 6.07) is 0.367. The van der Waals surface area contributed by atoms with E-state index in [4.69, 9.17) is 11.6 Å². The van der Waals surface area contributed by atoms with Crippen molar-refractivity contribution in [1.29, 1.82) is 0 Å². The zero-order valence-corrected chi connectivity index (χ0v) is 11.8. The molecule has 15 heavy (non-hydrogen) atoms. The monoisotopic (exact) mass is 339 g/mol. The Balaban J connectivity index is 2.69. The fourth-order valence-electron chi connectivity index (χ4n) is 1.28. The number of halogens is 2. The summed E-state index contributed by atoms with van der Waals surface area (Å²) in [5.74, 6) is 2.10. The van der Waals surface area contributed by atoms with Crippen molar-refractivity contribution in [2.24, 2.45) is 5.92 Å². The van der Waals surface area contributed by atoms with Crippen LogP contribution in [0.2, 0.25) is 0 Å². The van der Waals surface area contributed by atoms with E-state index in [9.17, 15) is 0 Å². The molecule has 0 fully saturated rings. The summed E-state index contributed by atoms with van der Waals surface area (Å²) < 4.78 is 1.04. The molecule has 0 spiro atoms. The number of nitrogens with one attached hydrogen (secondary N) is 1. The normalized spacial score (nSPS) is 12.9. The molecule has 1 heterocycles. The molecular formula is C10H15ClIN3. The minimum atomic E-state index is 0.367. The molecular weight excluding hydrogens is 324 g/mol. The van der Waals surface area contributed by atoms with Crippen molar-refractivity contribution >= 4 is 40.0 Å². The Hall–Kier alpha value is -0.100. The largest absolute Gasteiger partial charge is 0.366 e. The number of hydrogen-bond donors (Lipinski definition) is 1. The number of rotatable bonds is 5. The molecule has 84 valence electrons. The van der Waals surface area contributed by atoms with Gasteiger partial charge in [-0.2, -0.15) is 0 Å². The molecule has 0 saturated carbocycles. The number of aromatic nitrogens is 2. The predicted molar refractivity (Wildman–Crippen MR) is 72.3 cm³/mol. The fraction of sp³-hybridized carbons (Fsp3) is 0.600. The Labute approximate surface area is 109 Å². The van der Waals surface area contributed by atoms with Crippen LogP contribution in [0.25, 0.3) is 0 Å². The van der Waals surface area contributed by atoms with Crippen LogP contribution in [0.15, 0.2) is 12.5 Å². The SMILES string of the molecule is CC(C)C(CCCl)Nc1ncncc1I. The maximum atomic E-state index is 5.77. The van der Waals surface area contributed by atoms with E-state index >= 15 is 0 Å². The lowest BCUT2D eigenvalue weighted by molar-refractivity contribution is 0.511. The lowest BCUT2D eigenvalue weighted by atomic mass is 10.0. The molecule has 0 amide bonds. The van der Waals surface area contributed by atoms with E-state index in [0.29, 0.717) is 17.8 Å². The topological polar surface area (TPSA) is 37.8 Å². The highest BCUT2D eigenvalue weighted by Crippen LogP contribution is 2.18. The molecule has 0 saturated heterocycles.